The molecule has 0 amide bonds. The zero-order valence-corrected chi connectivity index (χ0v) is 13.7. The predicted molar refractivity (Wildman–Crippen MR) is 86.7 cm³/mol. The molecule has 1 aliphatic heterocycles. The Morgan fingerprint density at radius 1 is 1.00 bits per heavy atom. The topological polar surface area (TPSA) is 30.5 Å². The Kier molecular flexibility index (Phi) is 4.95. The average Bonchev–Trinajstić information content (AvgIpc) is 2.75. The maximum Gasteiger partial charge on any atom is 0.175 e. The molecule has 1 N–H and O–H groups in total. The molecule has 0 bridgehead atoms. The highest BCUT2D eigenvalue weighted by Gasteiger charge is 2.15. The maximum atomic E-state index is 12.9. The second-order valence-corrected chi connectivity index (χ2v) is 6.04. The van der Waals surface area contributed by atoms with Gasteiger partial charge in [0.25, 0.3) is 0 Å². The van der Waals surface area contributed by atoms with Gasteiger partial charge in [-0.25, -0.2) is 4.39 Å². The number of rotatable bonds is 4. The molecule has 0 saturated carbocycles. The molecule has 0 atom stereocenters. The highest BCUT2D eigenvalue weighted by atomic mass is 79.9. The molecule has 3 rings (SSSR count). The first-order chi connectivity index (χ1) is 10.7. The first kappa shape index (κ1) is 15.3. The molecule has 0 aliphatic carbocycles. The van der Waals surface area contributed by atoms with Crippen LogP contribution < -0.4 is 14.8 Å². The normalized spacial score (nSPS) is 13.7. The third kappa shape index (κ3) is 3.78. The fraction of sp³-hybridized carbons (Fsp3) is 0.294. The number of ether oxygens (including phenoxy) is 2. The van der Waals surface area contributed by atoms with Crippen molar-refractivity contribution in [3.8, 4) is 11.5 Å². The van der Waals surface area contributed by atoms with Gasteiger partial charge in [0.15, 0.2) is 11.5 Å². The number of hydrogen-bond donors (Lipinski definition) is 1. The summed E-state index contributed by atoms with van der Waals surface area (Å²) in [5.74, 6) is 1.35. The van der Waals surface area contributed by atoms with Gasteiger partial charge in [0.2, 0.25) is 0 Å². The van der Waals surface area contributed by atoms with Crippen molar-refractivity contribution in [3.05, 3.63) is 57.8 Å². The number of hydrogen-bond acceptors (Lipinski definition) is 3. The van der Waals surface area contributed by atoms with E-state index in [9.17, 15) is 4.39 Å². The minimum Gasteiger partial charge on any atom is -0.490 e. The quantitative estimate of drug-likeness (QED) is 0.886. The van der Waals surface area contributed by atoms with Crippen LogP contribution in [-0.4, -0.2) is 13.2 Å². The van der Waals surface area contributed by atoms with Gasteiger partial charge in [0.05, 0.1) is 17.7 Å². The average molecular weight is 366 g/mol. The minimum absolute atomic E-state index is 0.212. The Balaban J connectivity index is 1.64. The van der Waals surface area contributed by atoms with E-state index < -0.39 is 0 Å². The Bertz CT molecular complexity index is 646. The van der Waals surface area contributed by atoms with Gasteiger partial charge in [0, 0.05) is 19.5 Å². The van der Waals surface area contributed by atoms with E-state index in [2.05, 4.69) is 21.2 Å². The molecule has 0 fully saturated rings. The Morgan fingerprint density at radius 2 is 1.73 bits per heavy atom. The van der Waals surface area contributed by atoms with E-state index in [0.717, 1.165) is 33.5 Å². The predicted octanol–water partition coefficient (Wildman–Crippen LogP) is 4.04. The molecule has 2 aromatic carbocycles. The van der Waals surface area contributed by atoms with E-state index in [0.29, 0.717) is 26.3 Å². The lowest BCUT2D eigenvalue weighted by molar-refractivity contribution is 0.296. The monoisotopic (exact) mass is 365 g/mol. The Hall–Kier alpha value is -1.59. The fourth-order valence-electron chi connectivity index (χ4n) is 2.34. The molecule has 116 valence electrons. The lowest BCUT2D eigenvalue weighted by atomic mass is 10.2. The summed E-state index contributed by atoms with van der Waals surface area (Å²) in [5.41, 5.74) is 2.16. The summed E-state index contributed by atoms with van der Waals surface area (Å²) in [7, 11) is 0. The Morgan fingerprint density at radius 3 is 2.55 bits per heavy atom. The van der Waals surface area contributed by atoms with Crippen molar-refractivity contribution >= 4 is 15.9 Å². The van der Waals surface area contributed by atoms with Crippen LogP contribution in [0.1, 0.15) is 17.5 Å². The summed E-state index contributed by atoms with van der Waals surface area (Å²) in [6, 6.07) is 10.6. The largest absolute Gasteiger partial charge is 0.490 e. The van der Waals surface area contributed by atoms with Crippen LogP contribution in [-0.2, 0) is 13.1 Å². The minimum atomic E-state index is -0.212. The fourth-order valence-corrected chi connectivity index (χ4v) is 2.94. The Labute approximate surface area is 137 Å². The number of benzene rings is 2. The van der Waals surface area contributed by atoms with Gasteiger partial charge in [-0.2, -0.15) is 0 Å². The van der Waals surface area contributed by atoms with Gasteiger partial charge in [-0.1, -0.05) is 12.1 Å². The summed E-state index contributed by atoms with van der Waals surface area (Å²) >= 11 is 3.54. The van der Waals surface area contributed by atoms with Crippen LogP contribution in [0.5, 0.6) is 11.5 Å². The summed E-state index contributed by atoms with van der Waals surface area (Å²) in [4.78, 5) is 0. The van der Waals surface area contributed by atoms with Gasteiger partial charge in [-0.15, -0.1) is 0 Å². The van der Waals surface area contributed by atoms with Crippen molar-refractivity contribution in [2.24, 2.45) is 0 Å². The van der Waals surface area contributed by atoms with Gasteiger partial charge < -0.3 is 14.8 Å². The molecule has 2 aromatic rings. The zero-order valence-electron chi connectivity index (χ0n) is 12.1. The smallest absolute Gasteiger partial charge is 0.175 e. The zero-order chi connectivity index (χ0) is 15.4. The van der Waals surface area contributed by atoms with Crippen molar-refractivity contribution in [3.63, 3.8) is 0 Å². The molecule has 0 saturated heterocycles. The molecular formula is C17H17BrFNO2. The van der Waals surface area contributed by atoms with Gasteiger partial charge in [-0.3, -0.25) is 0 Å². The number of fused-ring (bicyclic) bond motifs is 1. The highest BCUT2D eigenvalue weighted by Crippen LogP contribution is 2.38. The van der Waals surface area contributed by atoms with E-state index in [1.165, 1.54) is 12.1 Å². The van der Waals surface area contributed by atoms with E-state index in [4.69, 9.17) is 9.47 Å². The van der Waals surface area contributed by atoms with Crippen LogP contribution in [0.3, 0.4) is 0 Å². The number of nitrogens with one attached hydrogen (secondary N) is 1. The molecule has 0 aromatic heterocycles. The molecule has 0 unspecified atom stereocenters. The van der Waals surface area contributed by atoms with E-state index in [1.54, 1.807) is 12.1 Å². The van der Waals surface area contributed by atoms with Crippen LogP contribution >= 0.6 is 15.9 Å². The molecule has 22 heavy (non-hydrogen) atoms. The second-order valence-electron chi connectivity index (χ2n) is 5.19. The van der Waals surface area contributed by atoms with Gasteiger partial charge >= 0.3 is 0 Å². The molecule has 1 aliphatic rings. The summed E-state index contributed by atoms with van der Waals surface area (Å²) in [5, 5.41) is 3.35. The van der Waals surface area contributed by atoms with Crippen LogP contribution in [0, 0.1) is 5.82 Å². The van der Waals surface area contributed by atoms with Crippen molar-refractivity contribution in [2.75, 3.05) is 13.2 Å². The third-order valence-electron chi connectivity index (χ3n) is 3.43. The lowest BCUT2D eigenvalue weighted by Crippen LogP contribution is -2.12. The van der Waals surface area contributed by atoms with Crippen LogP contribution in [0.25, 0.3) is 0 Å². The van der Waals surface area contributed by atoms with Crippen molar-refractivity contribution < 1.29 is 13.9 Å². The van der Waals surface area contributed by atoms with Gasteiger partial charge in [-0.05, 0) is 51.3 Å². The SMILES string of the molecule is Fc1ccc(CNCc2cc(Br)c3c(c2)OCCCO3)cc1. The van der Waals surface area contributed by atoms with E-state index >= 15 is 0 Å². The lowest BCUT2D eigenvalue weighted by Gasteiger charge is -2.12. The van der Waals surface area contributed by atoms with E-state index in [-0.39, 0.29) is 5.82 Å². The molecule has 5 heteroatoms. The third-order valence-corrected chi connectivity index (χ3v) is 4.02. The van der Waals surface area contributed by atoms with Crippen LogP contribution in [0.2, 0.25) is 0 Å². The van der Waals surface area contributed by atoms with Crippen LogP contribution in [0.4, 0.5) is 4.39 Å². The highest BCUT2D eigenvalue weighted by molar-refractivity contribution is 9.10. The van der Waals surface area contributed by atoms with Gasteiger partial charge in [0.1, 0.15) is 5.82 Å². The van der Waals surface area contributed by atoms with Crippen molar-refractivity contribution in [2.45, 2.75) is 19.5 Å². The summed E-state index contributed by atoms with van der Waals surface area (Å²) in [6.07, 6.45) is 0.888. The van der Waals surface area contributed by atoms with E-state index in [1.807, 2.05) is 12.1 Å². The second kappa shape index (κ2) is 7.11. The maximum absolute atomic E-state index is 12.9. The molecular weight excluding hydrogens is 349 g/mol. The van der Waals surface area contributed by atoms with Crippen molar-refractivity contribution in [1.29, 1.82) is 0 Å². The van der Waals surface area contributed by atoms with Crippen molar-refractivity contribution in [1.82, 2.24) is 5.32 Å². The number of halogens is 2. The van der Waals surface area contributed by atoms with Crippen LogP contribution in [0.15, 0.2) is 40.9 Å². The molecule has 0 radical (unpaired) electrons. The first-order valence-electron chi connectivity index (χ1n) is 7.25. The first-order valence-corrected chi connectivity index (χ1v) is 8.05. The summed E-state index contributed by atoms with van der Waals surface area (Å²) in [6.45, 7) is 2.73. The standard InChI is InChI=1S/C17H17BrFNO2/c18-15-8-13(9-16-17(15)22-7-1-6-21-16)11-20-10-12-2-4-14(19)5-3-12/h2-5,8-9,20H,1,6-7,10-11H2. The molecule has 3 nitrogen and oxygen atoms in total. The summed E-state index contributed by atoms with van der Waals surface area (Å²) < 4.78 is 25.2. The molecule has 1 heterocycles. The molecule has 0 spiro atoms.